The van der Waals surface area contributed by atoms with Crippen molar-refractivity contribution in [3.05, 3.63) is 87.9 Å². The molecule has 1 amide bonds. The Hall–Kier alpha value is -3.96. The predicted octanol–water partition coefficient (Wildman–Crippen LogP) is 3.41. The molecule has 4 aromatic heterocycles. The van der Waals surface area contributed by atoms with Crippen LogP contribution in [0.1, 0.15) is 16.2 Å². The van der Waals surface area contributed by atoms with Crippen LogP contribution in [0.4, 0.5) is 0 Å². The minimum atomic E-state index is -0.370. The fourth-order valence-corrected chi connectivity index (χ4v) is 5.12. The number of carbonyl (C=O) groups excluding carboxylic acids is 1. The first-order chi connectivity index (χ1) is 16.6. The lowest BCUT2D eigenvalue weighted by Crippen LogP contribution is -2.32. The molecule has 34 heavy (non-hydrogen) atoms. The highest BCUT2D eigenvalue weighted by molar-refractivity contribution is 7.23. The number of nitrogens with zero attached hydrogens (tertiary/aromatic N) is 6. The zero-order valence-electron chi connectivity index (χ0n) is 18.1. The Balaban J connectivity index is 1.26. The maximum atomic E-state index is 12.5. The van der Waals surface area contributed by atoms with Crippen LogP contribution in [-0.2, 0) is 6.54 Å². The van der Waals surface area contributed by atoms with Gasteiger partial charge < -0.3 is 5.32 Å². The second-order valence-corrected chi connectivity index (χ2v) is 9.25. The monoisotopic (exact) mass is 489 g/mol. The van der Waals surface area contributed by atoms with Crippen molar-refractivity contribution in [1.29, 1.82) is 0 Å². The molecule has 170 valence electrons. The number of para-hydroxylation sites is 1. The zero-order chi connectivity index (χ0) is 23.5. The van der Waals surface area contributed by atoms with E-state index in [1.54, 1.807) is 28.7 Å². The SMILES string of the molecule is Cc1nc(-c2cccs2)sc1-c1ccc(=O)n(CCNC(=O)c2cnn(-c3ccccc3)n2)n1. The number of aromatic nitrogens is 6. The molecular weight excluding hydrogens is 470 g/mol. The third-order valence-corrected chi connectivity index (χ3v) is 7.17. The molecule has 1 N–H and O–H groups in total. The van der Waals surface area contributed by atoms with Crippen molar-refractivity contribution in [1.82, 2.24) is 35.1 Å². The molecule has 0 saturated carbocycles. The first kappa shape index (κ1) is 21.9. The van der Waals surface area contributed by atoms with Crippen LogP contribution in [0.3, 0.4) is 0 Å². The van der Waals surface area contributed by atoms with Crippen LogP contribution in [0.5, 0.6) is 0 Å². The summed E-state index contributed by atoms with van der Waals surface area (Å²) in [6.07, 6.45) is 1.41. The second kappa shape index (κ2) is 9.49. The largest absolute Gasteiger partial charge is 0.349 e. The molecule has 0 saturated heterocycles. The minimum Gasteiger partial charge on any atom is -0.349 e. The molecule has 11 heteroatoms. The van der Waals surface area contributed by atoms with Gasteiger partial charge in [-0.1, -0.05) is 24.3 Å². The first-order valence-electron chi connectivity index (χ1n) is 10.4. The molecule has 5 aromatic rings. The van der Waals surface area contributed by atoms with Gasteiger partial charge in [0.25, 0.3) is 11.5 Å². The van der Waals surface area contributed by atoms with E-state index in [0.717, 1.165) is 26.1 Å². The standard InChI is InChI=1S/C23H19N7O2S2/c1-15-21(34-23(26-15)19-8-5-13-33-19)17-9-10-20(31)29(27-17)12-11-24-22(32)18-14-25-30(28-18)16-6-3-2-4-7-16/h2-10,13-14H,11-12H2,1H3,(H,24,32). The number of amides is 1. The summed E-state index contributed by atoms with van der Waals surface area (Å²) in [6, 6.07) is 16.5. The van der Waals surface area contributed by atoms with E-state index < -0.39 is 0 Å². The Morgan fingerprint density at radius 1 is 1.06 bits per heavy atom. The second-order valence-electron chi connectivity index (χ2n) is 7.30. The summed E-state index contributed by atoms with van der Waals surface area (Å²) < 4.78 is 1.35. The van der Waals surface area contributed by atoms with Crippen molar-refractivity contribution in [2.75, 3.05) is 6.54 Å². The third-order valence-electron chi connectivity index (χ3n) is 4.95. The van der Waals surface area contributed by atoms with Crippen molar-refractivity contribution in [2.24, 2.45) is 0 Å². The number of thiophene rings is 1. The summed E-state index contributed by atoms with van der Waals surface area (Å²) in [7, 11) is 0. The smallest absolute Gasteiger partial charge is 0.273 e. The summed E-state index contributed by atoms with van der Waals surface area (Å²) in [5, 5.41) is 18.6. The van der Waals surface area contributed by atoms with Gasteiger partial charge in [0, 0.05) is 12.6 Å². The number of aryl methyl sites for hydroxylation is 1. The first-order valence-corrected chi connectivity index (χ1v) is 12.1. The molecule has 0 aliphatic rings. The van der Waals surface area contributed by atoms with E-state index in [1.165, 1.54) is 21.7 Å². The van der Waals surface area contributed by atoms with E-state index in [0.29, 0.717) is 5.69 Å². The fraction of sp³-hybridized carbons (Fsp3) is 0.130. The van der Waals surface area contributed by atoms with Crippen LogP contribution in [0.15, 0.2) is 71.0 Å². The van der Waals surface area contributed by atoms with Gasteiger partial charge in [0.05, 0.1) is 33.9 Å². The predicted molar refractivity (Wildman–Crippen MR) is 131 cm³/mol. The highest BCUT2D eigenvalue weighted by Gasteiger charge is 2.15. The normalized spacial score (nSPS) is 11.0. The molecule has 0 atom stereocenters. The summed E-state index contributed by atoms with van der Waals surface area (Å²) >= 11 is 3.18. The Labute approximate surface area is 202 Å². The van der Waals surface area contributed by atoms with Crippen LogP contribution < -0.4 is 10.9 Å². The van der Waals surface area contributed by atoms with Crippen LogP contribution in [0, 0.1) is 6.92 Å². The van der Waals surface area contributed by atoms with Crippen LogP contribution >= 0.6 is 22.7 Å². The van der Waals surface area contributed by atoms with E-state index in [1.807, 2.05) is 54.8 Å². The van der Waals surface area contributed by atoms with Crippen LogP contribution in [0.2, 0.25) is 0 Å². The molecule has 0 unspecified atom stereocenters. The van der Waals surface area contributed by atoms with Gasteiger partial charge in [0.15, 0.2) is 5.69 Å². The van der Waals surface area contributed by atoms with Gasteiger partial charge in [-0.3, -0.25) is 9.59 Å². The summed E-state index contributed by atoms with van der Waals surface area (Å²) in [4.78, 5) is 32.9. The van der Waals surface area contributed by atoms with Gasteiger partial charge in [0.2, 0.25) is 0 Å². The van der Waals surface area contributed by atoms with E-state index in [4.69, 9.17) is 0 Å². The zero-order valence-corrected chi connectivity index (χ0v) is 19.7. The molecule has 4 heterocycles. The van der Waals surface area contributed by atoms with Gasteiger partial charge in [-0.15, -0.1) is 27.8 Å². The van der Waals surface area contributed by atoms with Gasteiger partial charge in [-0.05, 0) is 36.6 Å². The fourth-order valence-electron chi connectivity index (χ4n) is 3.29. The summed E-state index contributed by atoms with van der Waals surface area (Å²) in [6.45, 7) is 2.37. The number of rotatable bonds is 7. The van der Waals surface area contributed by atoms with Gasteiger partial charge in [-0.25, -0.2) is 9.67 Å². The van der Waals surface area contributed by atoms with E-state index in [2.05, 4.69) is 25.6 Å². The van der Waals surface area contributed by atoms with Gasteiger partial charge in [-0.2, -0.15) is 15.0 Å². The molecule has 0 spiro atoms. The molecule has 0 fully saturated rings. The van der Waals surface area contributed by atoms with Crippen molar-refractivity contribution < 1.29 is 4.79 Å². The van der Waals surface area contributed by atoms with Crippen molar-refractivity contribution >= 4 is 28.6 Å². The Morgan fingerprint density at radius 3 is 2.71 bits per heavy atom. The number of benzene rings is 1. The van der Waals surface area contributed by atoms with E-state index in [9.17, 15) is 9.59 Å². The lowest BCUT2D eigenvalue weighted by Gasteiger charge is -2.07. The van der Waals surface area contributed by atoms with Gasteiger partial charge in [0.1, 0.15) is 10.7 Å². The Kier molecular flexibility index (Phi) is 6.11. The van der Waals surface area contributed by atoms with Crippen molar-refractivity contribution in [2.45, 2.75) is 13.5 Å². The lowest BCUT2D eigenvalue weighted by atomic mass is 10.3. The maximum Gasteiger partial charge on any atom is 0.273 e. The third kappa shape index (κ3) is 4.56. The lowest BCUT2D eigenvalue weighted by molar-refractivity contribution is 0.0946. The number of thiazole rings is 1. The van der Waals surface area contributed by atoms with Crippen molar-refractivity contribution in [3.63, 3.8) is 0 Å². The molecule has 5 rings (SSSR count). The molecule has 0 bridgehead atoms. The molecular formula is C23H19N7O2S2. The average Bonchev–Trinajstić information content (AvgIpc) is 3.62. The van der Waals surface area contributed by atoms with E-state index >= 15 is 0 Å². The number of hydrogen-bond donors (Lipinski definition) is 1. The minimum absolute atomic E-state index is 0.194. The molecule has 0 aliphatic carbocycles. The topological polar surface area (TPSA) is 108 Å². The quantitative estimate of drug-likeness (QED) is 0.375. The van der Waals surface area contributed by atoms with Crippen LogP contribution in [0.25, 0.3) is 26.1 Å². The van der Waals surface area contributed by atoms with E-state index in [-0.39, 0.29) is 30.2 Å². The molecule has 1 aromatic carbocycles. The van der Waals surface area contributed by atoms with Gasteiger partial charge >= 0.3 is 0 Å². The Morgan fingerprint density at radius 2 is 1.91 bits per heavy atom. The molecule has 0 aliphatic heterocycles. The highest BCUT2D eigenvalue weighted by atomic mass is 32.1. The molecule has 0 radical (unpaired) electrons. The highest BCUT2D eigenvalue weighted by Crippen LogP contribution is 2.35. The van der Waals surface area contributed by atoms with Crippen LogP contribution in [-0.4, -0.2) is 42.2 Å². The number of hydrogen-bond acceptors (Lipinski definition) is 8. The summed E-state index contributed by atoms with van der Waals surface area (Å²) in [5.74, 6) is -0.370. The van der Waals surface area contributed by atoms with Crippen molar-refractivity contribution in [3.8, 4) is 26.1 Å². The molecule has 9 nitrogen and oxygen atoms in total. The number of carbonyl (C=O) groups is 1. The summed E-state index contributed by atoms with van der Waals surface area (Å²) in [5.41, 5.74) is 2.25. The number of nitrogens with one attached hydrogen (secondary N) is 1. The maximum absolute atomic E-state index is 12.5. The average molecular weight is 490 g/mol. The Bertz CT molecular complexity index is 1490.